The molecule has 0 aliphatic carbocycles. The molecule has 3 rings (SSSR count). The summed E-state index contributed by atoms with van der Waals surface area (Å²) in [4.78, 5) is 15.8. The van der Waals surface area contributed by atoms with Gasteiger partial charge in [-0.3, -0.25) is 0 Å². The van der Waals surface area contributed by atoms with Gasteiger partial charge in [0.25, 0.3) is 0 Å². The maximum atomic E-state index is 12.9. The Balaban J connectivity index is 1.90. The second-order valence-electron chi connectivity index (χ2n) is 4.54. The highest BCUT2D eigenvalue weighted by Gasteiger charge is 2.09. The Morgan fingerprint density at radius 1 is 1.29 bits per heavy atom. The predicted molar refractivity (Wildman–Crippen MR) is 73.5 cm³/mol. The summed E-state index contributed by atoms with van der Waals surface area (Å²) in [7, 11) is 1.33. The van der Waals surface area contributed by atoms with Crippen LogP contribution in [0.2, 0.25) is 0 Å². The maximum Gasteiger partial charge on any atom is 0.338 e. The van der Waals surface area contributed by atoms with Crippen LogP contribution in [0.1, 0.15) is 21.7 Å². The van der Waals surface area contributed by atoms with Crippen molar-refractivity contribution < 1.29 is 13.9 Å². The Morgan fingerprint density at radius 3 is 2.76 bits per heavy atom. The van der Waals surface area contributed by atoms with Crippen molar-refractivity contribution >= 4 is 11.6 Å². The minimum Gasteiger partial charge on any atom is -0.465 e. The normalized spacial score (nSPS) is 10.8. The number of carbonyl (C=O) groups is 1. The molecule has 21 heavy (non-hydrogen) atoms. The summed E-state index contributed by atoms with van der Waals surface area (Å²) >= 11 is 0. The molecule has 0 atom stereocenters. The lowest BCUT2D eigenvalue weighted by Gasteiger charge is -1.97. The summed E-state index contributed by atoms with van der Waals surface area (Å²) in [6, 6.07) is 9.44. The van der Waals surface area contributed by atoms with Gasteiger partial charge in [-0.05, 0) is 29.8 Å². The van der Waals surface area contributed by atoms with E-state index in [0.717, 1.165) is 5.56 Å². The van der Waals surface area contributed by atoms with E-state index in [-0.39, 0.29) is 5.82 Å². The van der Waals surface area contributed by atoms with E-state index in [4.69, 9.17) is 0 Å². The third-order valence-corrected chi connectivity index (χ3v) is 3.08. The summed E-state index contributed by atoms with van der Waals surface area (Å²) in [6.07, 6.45) is 2.15. The molecule has 0 N–H and O–H groups in total. The van der Waals surface area contributed by atoms with Crippen LogP contribution in [0.25, 0.3) is 5.65 Å². The minimum absolute atomic E-state index is 0.274. The summed E-state index contributed by atoms with van der Waals surface area (Å²) in [6.45, 7) is 0. The van der Waals surface area contributed by atoms with E-state index >= 15 is 0 Å². The van der Waals surface area contributed by atoms with Crippen LogP contribution in [0, 0.1) is 5.82 Å². The zero-order valence-corrected chi connectivity index (χ0v) is 11.3. The molecule has 106 valence electrons. The number of hydrogen-bond acceptors (Lipinski definition) is 4. The zero-order valence-electron chi connectivity index (χ0n) is 11.3. The van der Waals surface area contributed by atoms with Gasteiger partial charge in [0.05, 0.1) is 12.7 Å². The quantitative estimate of drug-likeness (QED) is 0.693. The molecular formula is C15H12FN3O2. The highest BCUT2D eigenvalue weighted by atomic mass is 19.1. The fraction of sp³-hybridized carbons (Fsp3) is 0.133. The number of pyridine rings is 1. The molecular weight excluding hydrogens is 273 g/mol. The number of fused-ring (bicyclic) bond motifs is 1. The lowest BCUT2D eigenvalue weighted by molar-refractivity contribution is 0.0600. The Hall–Kier alpha value is -2.76. The second-order valence-corrected chi connectivity index (χ2v) is 4.54. The Morgan fingerprint density at radius 2 is 2.05 bits per heavy atom. The molecule has 0 bridgehead atoms. The average Bonchev–Trinajstić information content (AvgIpc) is 2.90. The van der Waals surface area contributed by atoms with Crippen LogP contribution in [0.4, 0.5) is 4.39 Å². The van der Waals surface area contributed by atoms with Crippen molar-refractivity contribution in [1.82, 2.24) is 14.6 Å². The molecule has 0 aliphatic rings. The van der Waals surface area contributed by atoms with Gasteiger partial charge < -0.3 is 4.74 Å². The Labute approximate surface area is 120 Å². The van der Waals surface area contributed by atoms with E-state index in [9.17, 15) is 9.18 Å². The first kappa shape index (κ1) is 13.2. The number of methoxy groups -OCH3 is 1. The van der Waals surface area contributed by atoms with E-state index in [0.29, 0.717) is 23.5 Å². The fourth-order valence-electron chi connectivity index (χ4n) is 2.03. The first-order valence-electron chi connectivity index (χ1n) is 6.34. The molecule has 0 radical (unpaired) electrons. The van der Waals surface area contributed by atoms with Gasteiger partial charge in [0.2, 0.25) is 0 Å². The van der Waals surface area contributed by atoms with Gasteiger partial charge in [0, 0.05) is 12.6 Å². The van der Waals surface area contributed by atoms with Gasteiger partial charge in [0.15, 0.2) is 11.5 Å². The lowest BCUT2D eigenvalue weighted by Crippen LogP contribution is -2.02. The number of benzene rings is 1. The molecule has 0 aliphatic heterocycles. The maximum absolute atomic E-state index is 12.9. The van der Waals surface area contributed by atoms with E-state index < -0.39 is 5.97 Å². The van der Waals surface area contributed by atoms with E-state index in [1.807, 2.05) is 0 Å². The van der Waals surface area contributed by atoms with Gasteiger partial charge in [-0.2, -0.15) is 5.10 Å². The average molecular weight is 285 g/mol. The van der Waals surface area contributed by atoms with E-state index in [2.05, 4.69) is 14.8 Å². The van der Waals surface area contributed by atoms with Crippen LogP contribution in [-0.4, -0.2) is 27.7 Å². The van der Waals surface area contributed by atoms with Crippen LogP contribution >= 0.6 is 0 Å². The number of aromatic nitrogens is 3. The molecule has 2 heterocycles. The van der Waals surface area contributed by atoms with Gasteiger partial charge in [-0.1, -0.05) is 12.1 Å². The molecule has 6 heteroatoms. The van der Waals surface area contributed by atoms with Crippen LogP contribution < -0.4 is 0 Å². The highest BCUT2D eigenvalue weighted by molar-refractivity contribution is 5.90. The minimum atomic E-state index is -0.416. The zero-order chi connectivity index (χ0) is 14.8. The number of nitrogens with zero attached hydrogens (tertiary/aromatic N) is 3. The third kappa shape index (κ3) is 2.74. The molecule has 0 saturated heterocycles. The monoisotopic (exact) mass is 285 g/mol. The van der Waals surface area contributed by atoms with Crippen LogP contribution in [-0.2, 0) is 11.2 Å². The molecule has 3 aromatic rings. The number of hydrogen-bond donors (Lipinski definition) is 0. The molecule has 0 fully saturated rings. The van der Waals surface area contributed by atoms with Crippen molar-refractivity contribution in [2.75, 3.05) is 7.11 Å². The van der Waals surface area contributed by atoms with E-state index in [1.54, 1.807) is 35.0 Å². The van der Waals surface area contributed by atoms with Crippen molar-refractivity contribution in [3.63, 3.8) is 0 Å². The van der Waals surface area contributed by atoms with Gasteiger partial charge >= 0.3 is 5.97 Å². The van der Waals surface area contributed by atoms with Crippen LogP contribution in [0.3, 0.4) is 0 Å². The van der Waals surface area contributed by atoms with Crippen molar-refractivity contribution in [2.45, 2.75) is 6.42 Å². The van der Waals surface area contributed by atoms with Gasteiger partial charge in [-0.25, -0.2) is 18.7 Å². The number of esters is 1. The lowest BCUT2D eigenvalue weighted by atomic mass is 10.1. The standard InChI is InChI=1S/C15H12FN3O2/c1-21-15(20)11-6-7-19-14(9-11)17-13(18-19)8-10-2-4-12(16)5-3-10/h2-7,9H,8H2,1H3. The van der Waals surface area contributed by atoms with Crippen molar-refractivity contribution in [3.8, 4) is 0 Å². The molecule has 5 nitrogen and oxygen atoms in total. The topological polar surface area (TPSA) is 56.5 Å². The molecule has 0 saturated carbocycles. The molecule has 0 spiro atoms. The van der Waals surface area contributed by atoms with Gasteiger partial charge in [-0.15, -0.1) is 0 Å². The largest absolute Gasteiger partial charge is 0.465 e. The molecule has 1 aromatic carbocycles. The summed E-state index contributed by atoms with van der Waals surface area (Å²) in [5, 5.41) is 4.32. The first-order valence-corrected chi connectivity index (χ1v) is 6.34. The number of carbonyl (C=O) groups excluding carboxylic acids is 1. The summed E-state index contributed by atoms with van der Waals surface area (Å²) < 4.78 is 19.1. The molecule has 0 unspecified atom stereocenters. The summed E-state index contributed by atoms with van der Waals surface area (Å²) in [5.41, 5.74) is 1.90. The van der Waals surface area contributed by atoms with Crippen molar-refractivity contribution in [1.29, 1.82) is 0 Å². The Kier molecular flexibility index (Phi) is 3.35. The van der Waals surface area contributed by atoms with Crippen LogP contribution in [0.15, 0.2) is 42.6 Å². The number of ether oxygens (including phenoxy) is 1. The van der Waals surface area contributed by atoms with Gasteiger partial charge in [0.1, 0.15) is 5.82 Å². The van der Waals surface area contributed by atoms with Crippen LogP contribution in [0.5, 0.6) is 0 Å². The molecule has 2 aromatic heterocycles. The molecule has 0 amide bonds. The number of halogens is 1. The predicted octanol–water partition coefficient (Wildman–Crippen LogP) is 2.25. The Bertz CT molecular complexity index is 796. The number of rotatable bonds is 3. The first-order chi connectivity index (χ1) is 10.2. The smallest absolute Gasteiger partial charge is 0.338 e. The van der Waals surface area contributed by atoms with Crippen molar-refractivity contribution in [2.24, 2.45) is 0 Å². The third-order valence-electron chi connectivity index (χ3n) is 3.08. The van der Waals surface area contributed by atoms with E-state index in [1.165, 1.54) is 19.2 Å². The highest BCUT2D eigenvalue weighted by Crippen LogP contribution is 2.11. The summed E-state index contributed by atoms with van der Waals surface area (Å²) in [5.74, 6) is -0.0892. The second kappa shape index (κ2) is 5.32. The SMILES string of the molecule is COC(=O)c1ccn2nc(Cc3ccc(F)cc3)nc2c1. The van der Waals surface area contributed by atoms with Crippen molar-refractivity contribution in [3.05, 3.63) is 65.4 Å². The fourth-order valence-corrected chi connectivity index (χ4v) is 2.03.